The van der Waals surface area contributed by atoms with Crippen molar-refractivity contribution < 1.29 is 4.74 Å². The monoisotopic (exact) mass is 260 g/mol. The lowest BCUT2D eigenvalue weighted by Gasteiger charge is -2.05. The predicted octanol–water partition coefficient (Wildman–Crippen LogP) is 0.436. The van der Waals surface area contributed by atoms with Gasteiger partial charge in [0.15, 0.2) is 6.61 Å². The fraction of sp³-hybridized carbons (Fsp3) is 0.500. The van der Waals surface area contributed by atoms with Gasteiger partial charge in [-0.05, 0) is 30.2 Å². The summed E-state index contributed by atoms with van der Waals surface area (Å²) >= 11 is 0. The minimum atomic E-state index is 0.301. The van der Waals surface area contributed by atoms with Crippen LogP contribution in [0.15, 0.2) is 18.3 Å². The molecule has 0 radical (unpaired) electrons. The molecule has 0 atom stereocenters. The fourth-order valence-corrected chi connectivity index (χ4v) is 1.67. The second-order valence-corrected chi connectivity index (χ2v) is 4.62. The lowest BCUT2D eigenvalue weighted by atomic mass is 10.3. The smallest absolute Gasteiger partial charge is 0.212 e. The van der Waals surface area contributed by atoms with Crippen LogP contribution in [0.1, 0.15) is 24.4 Å². The molecule has 0 aromatic carbocycles. The molecule has 19 heavy (non-hydrogen) atoms. The van der Waals surface area contributed by atoms with Crippen LogP contribution >= 0.6 is 0 Å². The van der Waals surface area contributed by atoms with Crippen molar-refractivity contribution in [1.29, 1.82) is 0 Å². The van der Waals surface area contributed by atoms with Gasteiger partial charge in [0.05, 0.1) is 18.9 Å². The topological polar surface area (TPSA) is 77.8 Å². The number of aryl methyl sites for hydroxylation is 1. The zero-order chi connectivity index (χ0) is 13.1. The predicted molar refractivity (Wildman–Crippen MR) is 67.2 cm³/mol. The first-order valence-electron chi connectivity index (χ1n) is 6.33. The number of nitrogens with one attached hydrogen (secondary N) is 1. The van der Waals surface area contributed by atoms with Gasteiger partial charge in [-0.3, -0.25) is 4.98 Å². The molecule has 2 aromatic rings. The van der Waals surface area contributed by atoms with Crippen LogP contribution in [0.3, 0.4) is 0 Å². The molecule has 1 N–H and O–H groups in total. The molecule has 1 aliphatic rings. The van der Waals surface area contributed by atoms with Crippen molar-refractivity contribution in [2.45, 2.75) is 32.0 Å². The van der Waals surface area contributed by atoms with E-state index in [2.05, 4.69) is 25.7 Å². The van der Waals surface area contributed by atoms with Crippen LogP contribution in [0, 0.1) is 0 Å². The molecule has 2 aromatic heterocycles. The van der Waals surface area contributed by atoms with Crippen molar-refractivity contribution in [3.63, 3.8) is 0 Å². The Morgan fingerprint density at radius 3 is 2.95 bits per heavy atom. The van der Waals surface area contributed by atoms with Gasteiger partial charge in [-0.15, -0.1) is 10.2 Å². The van der Waals surface area contributed by atoms with E-state index >= 15 is 0 Å². The summed E-state index contributed by atoms with van der Waals surface area (Å²) < 4.78 is 5.54. The molecular formula is C12H16N6O. The molecule has 3 rings (SSSR count). The van der Waals surface area contributed by atoms with Crippen LogP contribution in [0.4, 0.5) is 0 Å². The van der Waals surface area contributed by atoms with Crippen molar-refractivity contribution in [3.8, 4) is 5.75 Å². The van der Waals surface area contributed by atoms with E-state index < -0.39 is 0 Å². The Bertz CT molecular complexity index is 533. The quantitative estimate of drug-likeness (QED) is 0.812. The minimum Gasteiger partial charge on any atom is -0.484 e. The second-order valence-electron chi connectivity index (χ2n) is 4.62. The molecule has 1 fully saturated rings. The zero-order valence-electron chi connectivity index (χ0n) is 10.8. The zero-order valence-corrected chi connectivity index (χ0v) is 10.8. The number of nitrogens with zero attached hydrogens (tertiary/aromatic N) is 5. The van der Waals surface area contributed by atoms with Gasteiger partial charge in [-0.25, -0.2) is 0 Å². The first-order chi connectivity index (χ1) is 9.29. The molecule has 0 spiro atoms. The Kier molecular flexibility index (Phi) is 3.37. The van der Waals surface area contributed by atoms with Crippen molar-refractivity contribution in [2.24, 2.45) is 7.05 Å². The highest BCUT2D eigenvalue weighted by Gasteiger charge is 2.20. The van der Waals surface area contributed by atoms with Crippen LogP contribution in [-0.4, -0.2) is 31.2 Å². The Morgan fingerprint density at radius 2 is 2.32 bits per heavy atom. The van der Waals surface area contributed by atoms with E-state index in [4.69, 9.17) is 4.74 Å². The molecule has 0 saturated heterocycles. The maximum Gasteiger partial charge on any atom is 0.212 e. The standard InChI is InChI=1S/C12H16N6O/c1-18-16-12(15-17-18)8-19-11-5-4-10(14-7-11)6-13-9-2-3-9/h4-5,7,9,13H,2-3,6,8H2,1H3. The number of hydrogen-bond acceptors (Lipinski definition) is 6. The third-order valence-corrected chi connectivity index (χ3v) is 2.86. The third-order valence-electron chi connectivity index (χ3n) is 2.86. The van der Waals surface area contributed by atoms with E-state index in [0.29, 0.717) is 24.2 Å². The Hall–Kier alpha value is -2.02. The molecule has 7 heteroatoms. The van der Waals surface area contributed by atoms with Gasteiger partial charge in [-0.2, -0.15) is 4.80 Å². The van der Waals surface area contributed by atoms with Crippen LogP contribution < -0.4 is 10.1 Å². The van der Waals surface area contributed by atoms with Gasteiger partial charge < -0.3 is 10.1 Å². The average molecular weight is 260 g/mol. The Balaban J connectivity index is 1.50. The van der Waals surface area contributed by atoms with Crippen molar-refractivity contribution in [2.75, 3.05) is 0 Å². The van der Waals surface area contributed by atoms with Gasteiger partial charge in [0.25, 0.3) is 0 Å². The lowest BCUT2D eigenvalue weighted by Crippen LogP contribution is -2.16. The summed E-state index contributed by atoms with van der Waals surface area (Å²) in [6, 6.07) is 4.57. The SMILES string of the molecule is Cn1nnc(COc2ccc(CNC3CC3)nc2)n1. The van der Waals surface area contributed by atoms with Gasteiger partial charge in [0, 0.05) is 12.6 Å². The highest BCUT2D eigenvalue weighted by Crippen LogP contribution is 2.19. The first kappa shape index (κ1) is 12.0. The highest BCUT2D eigenvalue weighted by atomic mass is 16.5. The van der Waals surface area contributed by atoms with Crippen molar-refractivity contribution in [1.82, 2.24) is 30.5 Å². The molecule has 2 heterocycles. The van der Waals surface area contributed by atoms with Crippen LogP contribution in [0.25, 0.3) is 0 Å². The maximum absolute atomic E-state index is 5.54. The summed E-state index contributed by atoms with van der Waals surface area (Å²) in [5.41, 5.74) is 1.02. The lowest BCUT2D eigenvalue weighted by molar-refractivity contribution is 0.294. The van der Waals surface area contributed by atoms with E-state index in [-0.39, 0.29) is 0 Å². The first-order valence-corrected chi connectivity index (χ1v) is 6.33. The van der Waals surface area contributed by atoms with E-state index in [1.54, 1.807) is 13.2 Å². The number of ether oxygens (including phenoxy) is 1. The van der Waals surface area contributed by atoms with Crippen LogP contribution in [0.2, 0.25) is 0 Å². The average Bonchev–Trinajstić information content (AvgIpc) is 3.17. The number of hydrogen-bond donors (Lipinski definition) is 1. The molecule has 0 aliphatic heterocycles. The Labute approximate surface area is 111 Å². The van der Waals surface area contributed by atoms with Gasteiger partial charge >= 0.3 is 0 Å². The minimum absolute atomic E-state index is 0.301. The molecule has 7 nitrogen and oxygen atoms in total. The molecule has 1 aliphatic carbocycles. The van der Waals surface area contributed by atoms with Crippen molar-refractivity contribution >= 4 is 0 Å². The summed E-state index contributed by atoms with van der Waals surface area (Å²) in [6.45, 7) is 1.12. The third kappa shape index (κ3) is 3.47. The number of pyridine rings is 1. The number of rotatable bonds is 6. The summed E-state index contributed by atoms with van der Waals surface area (Å²) in [4.78, 5) is 5.75. The van der Waals surface area contributed by atoms with E-state index in [9.17, 15) is 0 Å². The summed E-state index contributed by atoms with van der Waals surface area (Å²) in [5.74, 6) is 1.27. The summed E-state index contributed by atoms with van der Waals surface area (Å²) in [5, 5.41) is 15.0. The van der Waals surface area contributed by atoms with Crippen LogP contribution in [0.5, 0.6) is 5.75 Å². The molecule has 100 valence electrons. The van der Waals surface area contributed by atoms with Gasteiger partial charge in [0.2, 0.25) is 5.82 Å². The van der Waals surface area contributed by atoms with Gasteiger partial charge in [-0.1, -0.05) is 0 Å². The van der Waals surface area contributed by atoms with E-state index in [1.165, 1.54) is 17.6 Å². The molecule has 1 saturated carbocycles. The summed E-state index contributed by atoms with van der Waals surface area (Å²) in [7, 11) is 1.72. The van der Waals surface area contributed by atoms with Crippen LogP contribution in [-0.2, 0) is 20.2 Å². The molecular weight excluding hydrogens is 244 g/mol. The Morgan fingerprint density at radius 1 is 1.42 bits per heavy atom. The normalized spacial score (nSPS) is 14.6. The number of tetrazole rings is 1. The largest absolute Gasteiger partial charge is 0.484 e. The maximum atomic E-state index is 5.54. The molecule has 0 bridgehead atoms. The van der Waals surface area contributed by atoms with Crippen molar-refractivity contribution in [3.05, 3.63) is 29.8 Å². The fourth-order valence-electron chi connectivity index (χ4n) is 1.67. The van der Waals surface area contributed by atoms with E-state index in [0.717, 1.165) is 12.2 Å². The van der Waals surface area contributed by atoms with Gasteiger partial charge in [0.1, 0.15) is 5.75 Å². The number of aromatic nitrogens is 5. The summed E-state index contributed by atoms with van der Waals surface area (Å²) in [6.07, 6.45) is 4.29. The molecule has 0 amide bonds. The molecule has 0 unspecified atom stereocenters. The second kappa shape index (κ2) is 5.31. The van der Waals surface area contributed by atoms with E-state index in [1.807, 2.05) is 12.1 Å². The highest BCUT2D eigenvalue weighted by molar-refractivity contribution is 5.20.